The maximum Gasteiger partial charge on any atom is 0.410 e. The molecule has 2 fully saturated rings. The van der Waals surface area contributed by atoms with E-state index in [0.717, 1.165) is 45.4 Å². The van der Waals surface area contributed by atoms with Crippen molar-refractivity contribution in [3.63, 3.8) is 0 Å². The van der Waals surface area contributed by atoms with Crippen molar-refractivity contribution in [1.29, 1.82) is 0 Å². The van der Waals surface area contributed by atoms with Gasteiger partial charge in [0.15, 0.2) is 0 Å². The van der Waals surface area contributed by atoms with E-state index in [4.69, 9.17) is 15.2 Å². The van der Waals surface area contributed by atoms with Gasteiger partial charge in [-0.1, -0.05) is 0 Å². The number of carbonyl (C=O) groups excluding carboxylic acids is 1. The summed E-state index contributed by atoms with van der Waals surface area (Å²) < 4.78 is 11.5. The fourth-order valence-electron chi connectivity index (χ4n) is 3.34. The van der Waals surface area contributed by atoms with Crippen molar-refractivity contribution < 1.29 is 14.3 Å². The normalized spacial score (nSPS) is 26.0. The number of carbonyl (C=O) groups is 1. The molecule has 20 heavy (non-hydrogen) atoms. The minimum atomic E-state index is -0.432. The number of ether oxygens (including phenoxy) is 2. The van der Waals surface area contributed by atoms with E-state index < -0.39 is 5.60 Å². The van der Waals surface area contributed by atoms with Crippen molar-refractivity contribution >= 4 is 6.09 Å². The molecule has 0 aliphatic carbocycles. The van der Waals surface area contributed by atoms with E-state index in [9.17, 15) is 4.79 Å². The molecule has 2 saturated heterocycles. The molecule has 0 aromatic heterocycles. The zero-order valence-electron chi connectivity index (χ0n) is 13.0. The summed E-state index contributed by atoms with van der Waals surface area (Å²) >= 11 is 0. The van der Waals surface area contributed by atoms with E-state index in [0.29, 0.717) is 12.5 Å². The fourth-order valence-corrected chi connectivity index (χ4v) is 3.34. The summed E-state index contributed by atoms with van der Waals surface area (Å²) in [5, 5.41) is 0. The molecule has 0 radical (unpaired) electrons. The van der Waals surface area contributed by atoms with Crippen molar-refractivity contribution in [1.82, 2.24) is 4.90 Å². The number of hydrogen-bond donors (Lipinski definition) is 1. The van der Waals surface area contributed by atoms with Crippen LogP contribution in [-0.4, -0.2) is 48.4 Å². The van der Waals surface area contributed by atoms with Crippen LogP contribution in [0.25, 0.3) is 0 Å². The van der Waals surface area contributed by atoms with Gasteiger partial charge in [0.25, 0.3) is 0 Å². The van der Waals surface area contributed by atoms with Crippen molar-refractivity contribution in [2.24, 2.45) is 11.7 Å². The zero-order chi connectivity index (χ0) is 14.8. The second kappa shape index (κ2) is 5.90. The Kier molecular flexibility index (Phi) is 4.59. The number of nitrogens with two attached hydrogens (primary N) is 1. The molecule has 5 heteroatoms. The molecule has 2 heterocycles. The van der Waals surface area contributed by atoms with Gasteiger partial charge < -0.3 is 20.1 Å². The molecule has 0 bridgehead atoms. The lowest BCUT2D eigenvalue weighted by atomic mass is 9.78. The van der Waals surface area contributed by atoms with E-state index in [1.54, 1.807) is 4.90 Å². The zero-order valence-corrected chi connectivity index (χ0v) is 13.0. The molecule has 1 atom stereocenters. The van der Waals surface area contributed by atoms with Crippen LogP contribution >= 0.6 is 0 Å². The van der Waals surface area contributed by atoms with Gasteiger partial charge in [-0.25, -0.2) is 4.79 Å². The SMILES string of the molecule is CC(C)(C)OC(=O)N1CCC2(CC1)OCCC2CCN. The number of likely N-dealkylation sites (tertiary alicyclic amines) is 1. The monoisotopic (exact) mass is 284 g/mol. The first-order valence-electron chi connectivity index (χ1n) is 7.68. The molecule has 2 rings (SSSR count). The van der Waals surface area contributed by atoms with E-state index in [1.165, 1.54) is 0 Å². The smallest absolute Gasteiger partial charge is 0.410 e. The van der Waals surface area contributed by atoms with Crippen LogP contribution in [0.1, 0.15) is 46.5 Å². The Balaban J connectivity index is 1.90. The van der Waals surface area contributed by atoms with Gasteiger partial charge in [-0.2, -0.15) is 0 Å². The van der Waals surface area contributed by atoms with Crippen LogP contribution in [0.5, 0.6) is 0 Å². The highest BCUT2D eigenvalue weighted by atomic mass is 16.6. The molecule has 0 saturated carbocycles. The molecular formula is C15H28N2O3. The second-order valence-electron chi connectivity index (χ2n) is 6.94. The van der Waals surface area contributed by atoms with Gasteiger partial charge >= 0.3 is 6.09 Å². The third-order valence-electron chi connectivity index (χ3n) is 4.38. The second-order valence-corrected chi connectivity index (χ2v) is 6.94. The number of nitrogens with zero attached hydrogens (tertiary/aromatic N) is 1. The van der Waals surface area contributed by atoms with Crippen molar-refractivity contribution in [3.8, 4) is 0 Å². The molecule has 5 nitrogen and oxygen atoms in total. The van der Waals surface area contributed by atoms with Gasteiger partial charge in [0.2, 0.25) is 0 Å². The Labute approximate surface area is 121 Å². The van der Waals surface area contributed by atoms with Gasteiger partial charge in [0, 0.05) is 19.7 Å². The highest BCUT2D eigenvalue weighted by Gasteiger charge is 2.46. The van der Waals surface area contributed by atoms with Crippen LogP contribution in [0.4, 0.5) is 4.79 Å². The van der Waals surface area contributed by atoms with Gasteiger partial charge in [0.05, 0.1) is 5.60 Å². The van der Waals surface area contributed by atoms with Crippen LogP contribution < -0.4 is 5.73 Å². The average Bonchev–Trinajstić information content (AvgIpc) is 2.72. The Bertz CT molecular complexity index is 344. The van der Waals surface area contributed by atoms with Crippen LogP contribution in [0.2, 0.25) is 0 Å². The van der Waals surface area contributed by atoms with Gasteiger partial charge in [0.1, 0.15) is 5.60 Å². The molecule has 2 N–H and O–H groups in total. The Morgan fingerprint density at radius 2 is 2.05 bits per heavy atom. The summed E-state index contributed by atoms with van der Waals surface area (Å²) in [6.45, 7) is 8.67. The molecule has 1 unspecified atom stereocenters. The maximum atomic E-state index is 12.1. The summed E-state index contributed by atoms with van der Waals surface area (Å²) in [6, 6.07) is 0. The summed E-state index contributed by atoms with van der Waals surface area (Å²) in [6.07, 6.45) is 3.71. The average molecular weight is 284 g/mol. The lowest BCUT2D eigenvalue weighted by Crippen LogP contribution is -2.50. The highest BCUT2D eigenvalue weighted by molar-refractivity contribution is 5.68. The Hall–Kier alpha value is -0.810. The molecule has 2 aliphatic heterocycles. The molecule has 1 amide bonds. The molecule has 116 valence electrons. The number of amides is 1. The Morgan fingerprint density at radius 1 is 1.40 bits per heavy atom. The molecule has 2 aliphatic rings. The predicted octanol–water partition coefficient (Wildman–Crippen LogP) is 2.14. The van der Waals surface area contributed by atoms with Gasteiger partial charge in [-0.15, -0.1) is 0 Å². The quantitative estimate of drug-likeness (QED) is 0.843. The van der Waals surface area contributed by atoms with Crippen LogP contribution in [0.3, 0.4) is 0 Å². The van der Waals surface area contributed by atoms with Crippen molar-refractivity contribution in [3.05, 3.63) is 0 Å². The maximum absolute atomic E-state index is 12.1. The topological polar surface area (TPSA) is 64.8 Å². The summed E-state index contributed by atoms with van der Waals surface area (Å²) in [7, 11) is 0. The molecule has 0 aromatic rings. The first kappa shape index (κ1) is 15.6. The van der Waals surface area contributed by atoms with Crippen molar-refractivity contribution in [2.75, 3.05) is 26.2 Å². The van der Waals surface area contributed by atoms with Crippen LogP contribution in [0, 0.1) is 5.92 Å². The number of hydrogen-bond acceptors (Lipinski definition) is 4. The lowest BCUT2D eigenvalue weighted by Gasteiger charge is -2.42. The largest absolute Gasteiger partial charge is 0.444 e. The van der Waals surface area contributed by atoms with E-state index in [1.807, 2.05) is 20.8 Å². The molecular weight excluding hydrogens is 256 g/mol. The third-order valence-corrected chi connectivity index (χ3v) is 4.38. The number of rotatable bonds is 2. The Morgan fingerprint density at radius 3 is 2.60 bits per heavy atom. The lowest BCUT2D eigenvalue weighted by molar-refractivity contribution is -0.0695. The molecule has 0 aromatic carbocycles. The first-order chi connectivity index (χ1) is 9.36. The van der Waals surface area contributed by atoms with Crippen LogP contribution in [-0.2, 0) is 9.47 Å². The number of piperidine rings is 1. The minimum absolute atomic E-state index is 0.0438. The summed E-state index contributed by atoms with van der Waals surface area (Å²) in [4.78, 5) is 13.9. The minimum Gasteiger partial charge on any atom is -0.444 e. The summed E-state index contributed by atoms with van der Waals surface area (Å²) in [5.74, 6) is 0.549. The predicted molar refractivity (Wildman–Crippen MR) is 77.5 cm³/mol. The van der Waals surface area contributed by atoms with E-state index >= 15 is 0 Å². The summed E-state index contributed by atoms with van der Waals surface area (Å²) in [5.41, 5.74) is 5.23. The van der Waals surface area contributed by atoms with E-state index in [-0.39, 0.29) is 11.7 Å². The standard InChI is InChI=1S/C15H28N2O3/c1-14(2,3)20-13(18)17-9-6-15(7-10-17)12(4-8-16)5-11-19-15/h12H,4-11,16H2,1-3H3. The fraction of sp³-hybridized carbons (Fsp3) is 0.933. The third kappa shape index (κ3) is 3.44. The van der Waals surface area contributed by atoms with Gasteiger partial charge in [-0.3, -0.25) is 0 Å². The van der Waals surface area contributed by atoms with Crippen molar-refractivity contribution in [2.45, 2.75) is 57.7 Å². The molecule has 1 spiro atoms. The van der Waals surface area contributed by atoms with E-state index in [2.05, 4.69) is 0 Å². The van der Waals surface area contributed by atoms with Crippen LogP contribution in [0.15, 0.2) is 0 Å². The van der Waals surface area contributed by atoms with Gasteiger partial charge in [-0.05, 0) is 58.9 Å². The highest BCUT2D eigenvalue weighted by Crippen LogP contribution is 2.42. The first-order valence-corrected chi connectivity index (χ1v) is 7.68.